The van der Waals surface area contributed by atoms with Crippen LogP contribution < -0.4 is 0 Å². The van der Waals surface area contributed by atoms with Crippen LogP contribution in [0.5, 0.6) is 0 Å². The molecule has 1 heterocycles. The van der Waals surface area contributed by atoms with Crippen molar-refractivity contribution in [1.29, 1.82) is 0 Å². The standard InChI is InChI=1S/C23H41NO4S/c1-2-17-24-21(25)19-20(23(24)28)29-18-15-13-11-9-7-5-3-4-6-8-10-12-14-16-22(26)27/h20H,2-19H2,1H3,(H,26,27). The Hall–Kier alpha value is -1.04. The van der Waals surface area contributed by atoms with Crippen molar-refractivity contribution in [3.8, 4) is 0 Å². The van der Waals surface area contributed by atoms with Gasteiger partial charge in [0.05, 0.1) is 5.25 Å². The van der Waals surface area contributed by atoms with Gasteiger partial charge in [0.2, 0.25) is 11.8 Å². The Morgan fingerprint density at radius 3 is 1.86 bits per heavy atom. The van der Waals surface area contributed by atoms with Crippen molar-refractivity contribution in [2.45, 2.75) is 115 Å². The van der Waals surface area contributed by atoms with Crippen LogP contribution in [-0.2, 0) is 14.4 Å². The van der Waals surface area contributed by atoms with Crippen LogP contribution in [-0.4, -0.2) is 45.3 Å². The van der Waals surface area contributed by atoms with Crippen molar-refractivity contribution in [3.63, 3.8) is 0 Å². The molecule has 1 N–H and O–H groups in total. The van der Waals surface area contributed by atoms with E-state index in [9.17, 15) is 14.4 Å². The molecule has 0 saturated carbocycles. The van der Waals surface area contributed by atoms with E-state index in [1.807, 2.05) is 6.92 Å². The summed E-state index contributed by atoms with van der Waals surface area (Å²) in [6, 6.07) is 0. The van der Waals surface area contributed by atoms with Gasteiger partial charge in [-0.3, -0.25) is 19.3 Å². The van der Waals surface area contributed by atoms with E-state index < -0.39 is 5.97 Å². The summed E-state index contributed by atoms with van der Waals surface area (Å²) < 4.78 is 0. The zero-order chi connectivity index (χ0) is 21.3. The Morgan fingerprint density at radius 2 is 1.38 bits per heavy atom. The maximum absolute atomic E-state index is 12.2. The summed E-state index contributed by atoms with van der Waals surface area (Å²) in [6.45, 7) is 2.57. The number of carboxylic acids is 1. The van der Waals surface area contributed by atoms with E-state index in [1.54, 1.807) is 11.8 Å². The van der Waals surface area contributed by atoms with E-state index in [4.69, 9.17) is 5.11 Å². The molecule has 1 saturated heterocycles. The lowest BCUT2D eigenvalue weighted by molar-refractivity contribution is -0.139. The summed E-state index contributed by atoms with van der Waals surface area (Å²) in [5.74, 6) is 0.341. The summed E-state index contributed by atoms with van der Waals surface area (Å²) in [6.07, 6.45) is 17.3. The average Bonchev–Trinajstić information content (AvgIpc) is 2.95. The van der Waals surface area contributed by atoms with E-state index in [0.717, 1.165) is 31.4 Å². The van der Waals surface area contributed by atoms with Crippen LogP contribution in [0.3, 0.4) is 0 Å². The van der Waals surface area contributed by atoms with Crippen molar-refractivity contribution in [2.75, 3.05) is 12.3 Å². The van der Waals surface area contributed by atoms with Gasteiger partial charge in [-0.2, -0.15) is 0 Å². The monoisotopic (exact) mass is 427 g/mol. The Labute approximate surface area is 181 Å². The third-order valence-corrected chi connectivity index (χ3v) is 6.80. The summed E-state index contributed by atoms with van der Waals surface area (Å²) >= 11 is 1.67. The van der Waals surface area contributed by atoms with Crippen molar-refractivity contribution >= 4 is 29.5 Å². The first kappa shape index (κ1) is 26.0. The number of unbranched alkanes of at least 4 members (excludes halogenated alkanes) is 12. The summed E-state index contributed by atoms with van der Waals surface area (Å²) in [7, 11) is 0. The highest BCUT2D eigenvalue weighted by atomic mass is 32.2. The first-order valence-corrected chi connectivity index (χ1v) is 12.8. The van der Waals surface area contributed by atoms with Crippen LogP contribution in [0.4, 0.5) is 0 Å². The second-order valence-electron chi connectivity index (χ2n) is 8.19. The Morgan fingerprint density at radius 1 is 0.897 bits per heavy atom. The van der Waals surface area contributed by atoms with Crippen LogP contribution in [0.25, 0.3) is 0 Å². The minimum absolute atomic E-state index is 0.00698. The fourth-order valence-electron chi connectivity index (χ4n) is 3.79. The van der Waals surface area contributed by atoms with E-state index >= 15 is 0 Å². The number of likely N-dealkylation sites (tertiary alicyclic amines) is 1. The number of carbonyl (C=O) groups is 3. The minimum Gasteiger partial charge on any atom is -0.481 e. The first-order valence-electron chi connectivity index (χ1n) is 11.7. The van der Waals surface area contributed by atoms with Crippen LogP contribution in [0, 0.1) is 0 Å². The molecule has 0 aromatic heterocycles. The van der Waals surface area contributed by atoms with E-state index in [0.29, 0.717) is 19.4 Å². The molecule has 0 aromatic carbocycles. The largest absolute Gasteiger partial charge is 0.481 e. The molecule has 1 rings (SSSR count). The molecule has 0 bridgehead atoms. The Kier molecular flexibility index (Phi) is 15.0. The van der Waals surface area contributed by atoms with Gasteiger partial charge in [0.15, 0.2) is 0 Å². The van der Waals surface area contributed by atoms with Gasteiger partial charge < -0.3 is 5.11 Å². The van der Waals surface area contributed by atoms with Gasteiger partial charge in [-0.05, 0) is 25.0 Å². The topological polar surface area (TPSA) is 74.7 Å². The second-order valence-corrected chi connectivity index (χ2v) is 9.50. The molecule has 1 atom stereocenters. The number of aliphatic carboxylic acids is 1. The molecule has 5 nitrogen and oxygen atoms in total. The summed E-state index contributed by atoms with van der Waals surface area (Å²) in [5, 5.41) is 8.45. The predicted octanol–water partition coefficient (Wildman–Crippen LogP) is 5.80. The lowest BCUT2D eigenvalue weighted by Crippen LogP contribution is -2.31. The quantitative estimate of drug-likeness (QED) is 0.208. The van der Waals surface area contributed by atoms with E-state index in [1.165, 1.54) is 69.1 Å². The number of carbonyl (C=O) groups excluding carboxylic acids is 2. The van der Waals surface area contributed by atoms with Crippen molar-refractivity contribution in [2.24, 2.45) is 0 Å². The van der Waals surface area contributed by atoms with Crippen LogP contribution in [0.1, 0.15) is 110 Å². The second kappa shape index (κ2) is 16.7. The number of carboxylic acid groups (broad SMARTS) is 1. The molecular weight excluding hydrogens is 386 g/mol. The number of imide groups is 1. The van der Waals surface area contributed by atoms with Gasteiger partial charge >= 0.3 is 5.97 Å². The maximum Gasteiger partial charge on any atom is 0.303 e. The van der Waals surface area contributed by atoms with Gasteiger partial charge in [-0.1, -0.05) is 77.6 Å². The van der Waals surface area contributed by atoms with Gasteiger partial charge in [0.1, 0.15) is 0 Å². The van der Waals surface area contributed by atoms with E-state index in [2.05, 4.69) is 0 Å². The van der Waals surface area contributed by atoms with Gasteiger partial charge in [0.25, 0.3) is 0 Å². The highest BCUT2D eigenvalue weighted by molar-refractivity contribution is 8.00. The highest BCUT2D eigenvalue weighted by Crippen LogP contribution is 2.26. The van der Waals surface area contributed by atoms with E-state index in [-0.39, 0.29) is 17.1 Å². The Balaban J connectivity index is 1.82. The normalized spacial score (nSPS) is 16.7. The molecule has 168 valence electrons. The van der Waals surface area contributed by atoms with Gasteiger partial charge in [-0.15, -0.1) is 11.8 Å². The molecule has 0 aliphatic carbocycles. The molecule has 0 aromatic rings. The summed E-state index contributed by atoms with van der Waals surface area (Å²) in [4.78, 5) is 35.9. The van der Waals surface area contributed by atoms with Crippen LogP contribution in [0.2, 0.25) is 0 Å². The predicted molar refractivity (Wildman–Crippen MR) is 120 cm³/mol. The average molecular weight is 428 g/mol. The third kappa shape index (κ3) is 12.3. The maximum atomic E-state index is 12.2. The molecule has 1 aliphatic heterocycles. The zero-order valence-electron chi connectivity index (χ0n) is 18.3. The fraction of sp³-hybridized carbons (Fsp3) is 0.870. The number of nitrogens with zero attached hydrogens (tertiary/aromatic N) is 1. The molecule has 1 fully saturated rings. The van der Waals surface area contributed by atoms with Crippen LogP contribution in [0.15, 0.2) is 0 Å². The number of rotatable bonds is 19. The molecule has 1 unspecified atom stereocenters. The molecule has 1 aliphatic rings. The zero-order valence-corrected chi connectivity index (χ0v) is 19.1. The molecule has 6 heteroatoms. The lowest BCUT2D eigenvalue weighted by Gasteiger charge is -2.13. The molecule has 29 heavy (non-hydrogen) atoms. The van der Waals surface area contributed by atoms with Crippen molar-refractivity contribution < 1.29 is 19.5 Å². The molecular formula is C23H41NO4S. The summed E-state index contributed by atoms with van der Waals surface area (Å²) in [5.41, 5.74) is 0. The first-order chi connectivity index (χ1) is 14.1. The molecule has 2 amide bonds. The molecule has 0 spiro atoms. The molecule has 0 radical (unpaired) electrons. The lowest BCUT2D eigenvalue weighted by atomic mass is 10.0. The van der Waals surface area contributed by atoms with Crippen LogP contribution >= 0.6 is 11.8 Å². The van der Waals surface area contributed by atoms with Gasteiger partial charge in [-0.25, -0.2) is 0 Å². The number of amides is 2. The number of hydrogen-bond donors (Lipinski definition) is 1. The van der Waals surface area contributed by atoms with Crippen molar-refractivity contribution in [1.82, 2.24) is 4.90 Å². The number of hydrogen-bond acceptors (Lipinski definition) is 4. The van der Waals surface area contributed by atoms with Gasteiger partial charge in [0, 0.05) is 19.4 Å². The third-order valence-electron chi connectivity index (χ3n) is 5.50. The van der Waals surface area contributed by atoms with Crippen molar-refractivity contribution in [3.05, 3.63) is 0 Å². The number of thioether (sulfide) groups is 1. The highest BCUT2D eigenvalue weighted by Gasteiger charge is 2.37. The Bertz CT molecular complexity index is 483. The SMILES string of the molecule is CCCN1C(=O)CC(SCCCCCCCCCCCCCCCC(=O)O)C1=O. The minimum atomic E-state index is -0.678. The fourth-order valence-corrected chi connectivity index (χ4v) is 4.98. The smallest absolute Gasteiger partial charge is 0.303 e.